The third kappa shape index (κ3) is 0.832. The van der Waals surface area contributed by atoms with Crippen molar-refractivity contribution in [2.75, 3.05) is 0 Å². The maximum absolute atomic E-state index is 11.1. The first-order chi connectivity index (χ1) is 6.74. The van der Waals surface area contributed by atoms with Crippen LogP contribution >= 0.6 is 0 Å². The number of aryl methyl sites for hydroxylation is 1. The molecule has 1 unspecified atom stereocenters. The molecule has 0 saturated heterocycles. The number of aromatic amines is 1. The van der Waals surface area contributed by atoms with Gasteiger partial charge in [0.15, 0.2) is 0 Å². The number of nitrogens with one attached hydrogen (secondary N) is 1. The van der Waals surface area contributed by atoms with E-state index in [1.807, 2.05) is 6.20 Å². The first-order valence-electron chi connectivity index (χ1n) is 4.99. The summed E-state index contributed by atoms with van der Waals surface area (Å²) >= 11 is 0. The Labute approximate surface area is 81.3 Å². The lowest BCUT2D eigenvalue weighted by Gasteiger charge is -2.27. The summed E-state index contributed by atoms with van der Waals surface area (Å²) in [6, 6.07) is 0. The molecule has 74 valence electrons. The second-order valence-corrected chi connectivity index (χ2v) is 4.36. The lowest BCUT2D eigenvalue weighted by atomic mass is 9.76. The molecule has 0 radical (unpaired) electrons. The number of carboxylic acids is 1. The molecule has 2 aliphatic carbocycles. The number of carbonyl (C=O) groups is 1. The van der Waals surface area contributed by atoms with Gasteiger partial charge in [0.25, 0.3) is 0 Å². The fraction of sp³-hybridized carbons (Fsp3) is 0.600. The minimum atomic E-state index is -0.650. The first kappa shape index (κ1) is 8.03. The first-order valence-corrected chi connectivity index (χ1v) is 4.99. The van der Waals surface area contributed by atoms with E-state index in [0.29, 0.717) is 0 Å². The van der Waals surface area contributed by atoms with E-state index in [1.54, 1.807) is 0 Å². The standard InChI is InChI=1S/C10H12N2O2/c13-9(14)7-2-1-6-5-11-12-8(6)10(7)3-4-10/h5,7H,1-4H2,(H,11,12)(H,13,14). The van der Waals surface area contributed by atoms with Gasteiger partial charge < -0.3 is 5.11 Å². The highest BCUT2D eigenvalue weighted by Crippen LogP contribution is 2.57. The number of nitrogens with zero attached hydrogens (tertiary/aromatic N) is 1. The summed E-state index contributed by atoms with van der Waals surface area (Å²) < 4.78 is 0. The molecule has 2 aliphatic rings. The molecule has 4 nitrogen and oxygen atoms in total. The molecule has 1 atom stereocenters. The molecule has 0 amide bonds. The Hall–Kier alpha value is -1.32. The molecule has 0 bridgehead atoms. The average Bonchev–Trinajstić information content (AvgIpc) is 2.77. The van der Waals surface area contributed by atoms with Crippen LogP contribution in [-0.2, 0) is 16.6 Å². The van der Waals surface area contributed by atoms with Gasteiger partial charge in [0.05, 0.1) is 12.1 Å². The van der Waals surface area contributed by atoms with Crippen LogP contribution in [0.3, 0.4) is 0 Å². The number of rotatable bonds is 1. The van der Waals surface area contributed by atoms with E-state index >= 15 is 0 Å². The monoisotopic (exact) mass is 192 g/mol. The molecule has 1 heterocycles. The normalized spacial score (nSPS) is 27.3. The fourth-order valence-electron chi connectivity index (χ4n) is 2.78. The van der Waals surface area contributed by atoms with Gasteiger partial charge in [0, 0.05) is 11.1 Å². The molecule has 1 spiro atoms. The highest BCUT2D eigenvalue weighted by molar-refractivity contribution is 5.74. The number of aliphatic carboxylic acids is 1. The van der Waals surface area contributed by atoms with Crippen molar-refractivity contribution in [3.63, 3.8) is 0 Å². The maximum Gasteiger partial charge on any atom is 0.307 e. The van der Waals surface area contributed by atoms with Crippen molar-refractivity contribution in [2.24, 2.45) is 5.92 Å². The summed E-state index contributed by atoms with van der Waals surface area (Å²) in [7, 11) is 0. The summed E-state index contributed by atoms with van der Waals surface area (Å²) in [6.07, 6.45) is 5.46. The van der Waals surface area contributed by atoms with E-state index in [-0.39, 0.29) is 11.3 Å². The van der Waals surface area contributed by atoms with Gasteiger partial charge in [-0.3, -0.25) is 9.89 Å². The minimum absolute atomic E-state index is 0.0874. The summed E-state index contributed by atoms with van der Waals surface area (Å²) in [4.78, 5) is 11.1. The molecule has 0 aliphatic heterocycles. The zero-order chi connectivity index (χ0) is 9.76. The number of hydrogen-bond donors (Lipinski definition) is 2. The molecule has 14 heavy (non-hydrogen) atoms. The molecule has 1 aromatic heterocycles. The predicted molar refractivity (Wildman–Crippen MR) is 48.9 cm³/mol. The fourth-order valence-corrected chi connectivity index (χ4v) is 2.78. The minimum Gasteiger partial charge on any atom is -0.481 e. The van der Waals surface area contributed by atoms with Crippen LogP contribution in [0.25, 0.3) is 0 Å². The van der Waals surface area contributed by atoms with Crippen LogP contribution < -0.4 is 0 Å². The third-order valence-electron chi connectivity index (χ3n) is 3.67. The summed E-state index contributed by atoms with van der Waals surface area (Å²) in [5, 5.41) is 16.1. The highest BCUT2D eigenvalue weighted by atomic mass is 16.4. The second kappa shape index (κ2) is 2.38. The van der Waals surface area contributed by atoms with Crippen LogP contribution in [0.5, 0.6) is 0 Å². The number of carboxylic acid groups (broad SMARTS) is 1. The number of fused-ring (bicyclic) bond motifs is 2. The molecule has 1 fully saturated rings. The number of aromatic nitrogens is 2. The van der Waals surface area contributed by atoms with Crippen LogP contribution in [0.15, 0.2) is 6.20 Å². The Bertz CT molecular complexity index is 393. The van der Waals surface area contributed by atoms with E-state index in [4.69, 9.17) is 5.11 Å². The molecule has 1 aromatic rings. The van der Waals surface area contributed by atoms with E-state index in [1.165, 1.54) is 5.56 Å². The summed E-state index contributed by atoms with van der Waals surface area (Å²) in [6.45, 7) is 0. The Morgan fingerprint density at radius 1 is 1.64 bits per heavy atom. The van der Waals surface area contributed by atoms with Gasteiger partial charge in [-0.2, -0.15) is 5.10 Å². The van der Waals surface area contributed by atoms with Crippen LogP contribution in [0.4, 0.5) is 0 Å². The smallest absolute Gasteiger partial charge is 0.307 e. The van der Waals surface area contributed by atoms with Gasteiger partial charge in [-0.15, -0.1) is 0 Å². The number of hydrogen-bond acceptors (Lipinski definition) is 2. The quantitative estimate of drug-likeness (QED) is 0.700. The zero-order valence-electron chi connectivity index (χ0n) is 7.79. The van der Waals surface area contributed by atoms with E-state index in [9.17, 15) is 4.79 Å². The van der Waals surface area contributed by atoms with E-state index < -0.39 is 5.97 Å². The van der Waals surface area contributed by atoms with Crippen LogP contribution in [-0.4, -0.2) is 21.3 Å². The van der Waals surface area contributed by atoms with Gasteiger partial charge in [-0.25, -0.2) is 0 Å². The Morgan fingerprint density at radius 2 is 2.43 bits per heavy atom. The van der Waals surface area contributed by atoms with Crippen molar-refractivity contribution in [1.29, 1.82) is 0 Å². The van der Waals surface area contributed by atoms with Crippen LogP contribution in [0, 0.1) is 5.92 Å². The van der Waals surface area contributed by atoms with Crippen molar-refractivity contribution in [3.05, 3.63) is 17.5 Å². The molecular formula is C10H12N2O2. The Balaban J connectivity index is 2.08. The topological polar surface area (TPSA) is 66.0 Å². The van der Waals surface area contributed by atoms with Gasteiger partial charge in [-0.05, 0) is 31.2 Å². The Morgan fingerprint density at radius 3 is 3.07 bits per heavy atom. The van der Waals surface area contributed by atoms with Crippen molar-refractivity contribution in [3.8, 4) is 0 Å². The van der Waals surface area contributed by atoms with Gasteiger partial charge in [0.1, 0.15) is 0 Å². The number of H-pyrrole nitrogens is 1. The predicted octanol–water partition coefficient (Wildman–Crippen LogP) is 1.09. The van der Waals surface area contributed by atoms with Gasteiger partial charge >= 0.3 is 5.97 Å². The maximum atomic E-state index is 11.1. The molecule has 4 heteroatoms. The molecular weight excluding hydrogens is 180 g/mol. The molecule has 0 aromatic carbocycles. The lowest BCUT2D eigenvalue weighted by molar-refractivity contribution is -0.143. The SMILES string of the molecule is O=C(O)C1CCc2cn[nH]c2C12CC2. The summed E-state index contributed by atoms with van der Waals surface area (Å²) in [5.74, 6) is -0.849. The van der Waals surface area contributed by atoms with Crippen molar-refractivity contribution in [1.82, 2.24) is 10.2 Å². The van der Waals surface area contributed by atoms with Crippen molar-refractivity contribution in [2.45, 2.75) is 31.1 Å². The van der Waals surface area contributed by atoms with Gasteiger partial charge in [0.2, 0.25) is 0 Å². The molecule has 1 saturated carbocycles. The largest absolute Gasteiger partial charge is 0.481 e. The van der Waals surface area contributed by atoms with Crippen LogP contribution in [0.1, 0.15) is 30.5 Å². The van der Waals surface area contributed by atoms with Gasteiger partial charge in [-0.1, -0.05) is 0 Å². The zero-order valence-corrected chi connectivity index (χ0v) is 7.79. The lowest BCUT2D eigenvalue weighted by Crippen LogP contribution is -2.33. The highest BCUT2D eigenvalue weighted by Gasteiger charge is 2.57. The van der Waals surface area contributed by atoms with Crippen molar-refractivity contribution >= 4 is 5.97 Å². The molecule has 3 rings (SSSR count). The van der Waals surface area contributed by atoms with E-state index in [0.717, 1.165) is 31.4 Å². The van der Waals surface area contributed by atoms with Crippen LogP contribution in [0.2, 0.25) is 0 Å². The Kier molecular flexibility index (Phi) is 1.36. The average molecular weight is 192 g/mol. The van der Waals surface area contributed by atoms with E-state index in [2.05, 4.69) is 10.2 Å². The summed E-state index contributed by atoms with van der Waals surface area (Å²) in [5.41, 5.74) is 2.23. The third-order valence-corrected chi connectivity index (χ3v) is 3.67. The molecule has 2 N–H and O–H groups in total. The van der Waals surface area contributed by atoms with Crippen molar-refractivity contribution < 1.29 is 9.90 Å². The second-order valence-electron chi connectivity index (χ2n) is 4.36.